The van der Waals surface area contributed by atoms with E-state index in [1.54, 1.807) is 30.6 Å². The van der Waals surface area contributed by atoms with Gasteiger partial charge in [0.05, 0.1) is 5.02 Å². The minimum atomic E-state index is -0.624. The monoisotopic (exact) mass is 435 g/mol. The second kappa shape index (κ2) is 10.1. The summed E-state index contributed by atoms with van der Waals surface area (Å²) in [5, 5.41) is 0.881. The molecule has 1 aromatic heterocycles. The number of carbonyl (C=O) groups is 1. The van der Waals surface area contributed by atoms with Crippen molar-refractivity contribution in [2.45, 2.75) is 47.1 Å². The second-order valence-corrected chi connectivity index (χ2v) is 9.19. The maximum absolute atomic E-state index is 12.5. The standard InChI is InChI=1S/C23H27Cl2NO3/c1-15(2)11-21(27)29-22(23(3,4)5)20(12-16-7-6-10-26-14-16)28-19-9-8-17(24)13-18(19)25/h6-10,12-15,22H,11H2,1-5H3. The number of aromatic nitrogens is 1. The summed E-state index contributed by atoms with van der Waals surface area (Å²) in [5.41, 5.74) is 0.404. The quantitative estimate of drug-likeness (QED) is 0.353. The Bertz CT molecular complexity index is 858. The topological polar surface area (TPSA) is 48.4 Å². The van der Waals surface area contributed by atoms with Crippen LogP contribution in [0.5, 0.6) is 5.75 Å². The molecule has 0 spiro atoms. The molecule has 4 nitrogen and oxygen atoms in total. The zero-order valence-corrected chi connectivity index (χ0v) is 18.9. The molecule has 0 saturated carbocycles. The third kappa shape index (κ3) is 7.37. The molecule has 156 valence electrons. The molecule has 0 radical (unpaired) electrons. The molecule has 2 aromatic rings. The number of rotatable bonds is 7. The first-order valence-electron chi connectivity index (χ1n) is 9.50. The Morgan fingerprint density at radius 2 is 1.93 bits per heavy atom. The number of benzene rings is 1. The second-order valence-electron chi connectivity index (χ2n) is 8.34. The molecule has 0 saturated heterocycles. The van der Waals surface area contributed by atoms with Crippen LogP contribution in [0.25, 0.3) is 6.08 Å². The Morgan fingerprint density at radius 1 is 1.21 bits per heavy atom. The minimum absolute atomic E-state index is 0.195. The van der Waals surface area contributed by atoms with Crippen LogP contribution in [0.15, 0.2) is 48.5 Å². The SMILES string of the molecule is CC(C)CC(=O)OC(C(=Cc1cccnc1)Oc1ccc(Cl)cc1Cl)C(C)(C)C. The molecule has 0 N–H and O–H groups in total. The highest BCUT2D eigenvalue weighted by molar-refractivity contribution is 6.35. The Labute approximate surface area is 182 Å². The summed E-state index contributed by atoms with van der Waals surface area (Å²) in [6, 6.07) is 8.72. The molecule has 2 rings (SSSR count). The van der Waals surface area contributed by atoms with Crippen LogP contribution in [0, 0.1) is 11.3 Å². The zero-order chi connectivity index (χ0) is 21.6. The van der Waals surface area contributed by atoms with Crippen molar-refractivity contribution < 1.29 is 14.3 Å². The van der Waals surface area contributed by atoms with E-state index in [0.29, 0.717) is 28.0 Å². The van der Waals surface area contributed by atoms with Gasteiger partial charge in [-0.1, -0.05) is 63.9 Å². The fourth-order valence-corrected chi connectivity index (χ4v) is 3.09. The molecule has 0 fully saturated rings. The van der Waals surface area contributed by atoms with Crippen molar-refractivity contribution in [2.24, 2.45) is 11.3 Å². The van der Waals surface area contributed by atoms with Gasteiger partial charge < -0.3 is 9.47 Å². The number of ether oxygens (including phenoxy) is 2. The van der Waals surface area contributed by atoms with Crippen LogP contribution >= 0.6 is 23.2 Å². The predicted octanol–water partition coefficient (Wildman–Crippen LogP) is 6.81. The van der Waals surface area contributed by atoms with Crippen molar-refractivity contribution in [1.29, 1.82) is 0 Å². The van der Waals surface area contributed by atoms with E-state index in [1.807, 2.05) is 52.8 Å². The first-order valence-corrected chi connectivity index (χ1v) is 10.3. The first kappa shape index (κ1) is 23.2. The summed E-state index contributed by atoms with van der Waals surface area (Å²) in [7, 11) is 0. The Hall–Kier alpha value is -2.04. The van der Waals surface area contributed by atoms with Crippen LogP contribution in [0.3, 0.4) is 0 Å². The van der Waals surface area contributed by atoms with E-state index in [2.05, 4.69) is 4.98 Å². The van der Waals surface area contributed by atoms with Gasteiger partial charge in [0.1, 0.15) is 11.5 Å². The fourth-order valence-electron chi connectivity index (χ4n) is 2.64. The molecule has 0 amide bonds. The van der Waals surface area contributed by atoms with Gasteiger partial charge >= 0.3 is 5.97 Å². The fraction of sp³-hybridized carbons (Fsp3) is 0.391. The highest BCUT2D eigenvalue weighted by Crippen LogP contribution is 2.35. The molecular weight excluding hydrogens is 409 g/mol. The van der Waals surface area contributed by atoms with Crippen LogP contribution < -0.4 is 4.74 Å². The molecule has 0 aliphatic heterocycles. The van der Waals surface area contributed by atoms with Crippen molar-refractivity contribution in [3.05, 3.63) is 64.1 Å². The maximum atomic E-state index is 12.5. The van der Waals surface area contributed by atoms with Crippen molar-refractivity contribution >= 4 is 35.2 Å². The molecule has 6 heteroatoms. The van der Waals surface area contributed by atoms with Gasteiger partial charge in [0.2, 0.25) is 0 Å². The lowest BCUT2D eigenvalue weighted by Crippen LogP contribution is -2.35. The number of carbonyl (C=O) groups excluding carboxylic acids is 1. The van der Waals surface area contributed by atoms with E-state index < -0.39 is 11.5 Å². The van der Waals surface area contributed by atoms with Gasteiger partial charge in [-0.2, -0.15) is 0 Å². The third-order valence-electron chi connectivity index (χ3n) is 3.98. The molecule has 29 heavy (non-hydrogen) atoms. The number of halogens is 2. The van der Waals surface area contributed by atoms with Crippen molar-refractivity contribution in [3.63, 3.8) is 0 Å². The Balaban J connectivity index is 2.47. The van der Waals surface area contributed by atoms with E-state index in [9.17, 15) is 4.79 Å². The molecule has 1 heterocycles. The summed E-state index contributed by atoms with van der Waals surface area (Å²) < 4.78 is 12.0. The molecule has 1 atom stereocenters. The summed E-state index contributed by atoms with van der Waals surface area (Å²) in [6.45, 7) is 9.92. The first-order chi connectivity index (χ1) is 13.6. The van der Waals surface area contributed by atoms with Gasteiger partial charge in [-0.3, -0.25) is 9.78 Å². The number of pyridine rings is 1. The number of hydrogen-bond donors (Lipinski definition) is 0. The molecule has 0 bridgehead atoms. The highest BCUT2D eigenvalue weighted by atomic mass is 35.5. The zero-order valence-electron chi connectivity index (χ0n) is 17.4. The van der Waals surface area contributed by atoms with Crippen LogP contribution in [-0.4, -0.2) is 17.1 Å². The smallest absolute Gasteiger partial charge is 0.306 e. The van der Waals surface area contributed by atoms with Crippen molar-refractivity contribution in [3.8, 4) is 5.75 Å². The predicted molar refractivity (Wildman–Crippen MR) is 118 cm³/mol. The van der Waals surface area contributed by atoms with E-state index in [4.69, 9.17) is 32.7 Å². The third-order valence-corrected chi connectivity index (χ3v) is 4.51. The minimum Gasteiger partial charge on any atom is -0.456 e. The summed E-state index contributed by atoms with van der Waals surface area (Å²) in [6.07, 6.45) is 4.92. The van der Waals surface area contributed by atoms with E-state index in [0.717, 1.165) is 5.56 Å². The summed E-state index contributed by atoms with van der Waals surface area (Å²) in [4.78, 5) is 16.6. The average Bonchev–Trinajstić information content (AvgIpc) is 2.61. The van der Waals surface area contributed by atoms with Gasteiger partial charge in [-0.15, -0.1) is 0 Å². The van der Waals surface area contributed by atoms with Crippen LogP contribution in [0.2, 0.25) is 10.0 Å². The number of esters is 1. The van der Waals surface area contributed by atoms with Gasteiger partial charge in [-0.25, -0.2) is 0 Å². The van der Waals surface area contributed by atoms with Crippen molar-refractivity contribution in [1.82, 2.24) is 4.98 Å². The van der Waals surface area contributed by atoms with Gasteiger partial charge in [-0.05, 0) is 41.8 Å². The molecule has 0 aliphatic carbocycles. The van der Waals surface area contributed by atoms with E-state index >= 15 is 0 Å². The van der Waals surface area contributed by atoms with Crippen LogP contribution in [-0.2, 0) is 9.53 Å². The number of hydrogen-bond acceptors (Lipinski definition) is 4. The number of nitrogens with zero attached hydrogens (tertiary/aromatic N) is 1. The Kier molecular flexibility index (Phi) is 8.12. The van der Waals surface area contributed by atoms with E-state index in [1.165, 1.54) is 0 Å². The maximum Gasteiger partial charge on any atom is 0.306 e. The Morgan fingerprint density at radius 3 is 2.48 bits per heavy atom. The van der Waals surface area contributed by atoms with Gasteiger partial charge in [0.15, 0.2) is 6.10 Å². The lowest BCUT2D eigenvalue weighted by atomic mass is 9.87. The highest BCUT2D eigenvalue weighted by Gasteiger charge is 2.34. The molecule has 0 aliphatic rings. The van der Waals surface area contributed by atoms with Crippen LogP contribution in [0.4, 0.5) is 0 Å². The van der Waals surface area contributed by atoms with Crippen molar-refractivity contribution in [2.75, 3.05) is 0 Å². The summed E-state index contributed by atoms with van der Waals surface area (Å²) in [5.74, 6) is 0.815. The largest absolute Gasteiger partial charge is 0.456 e. The van der Waals surface area contributed by atoms with Gasteiger partial charge in [0, 0.05) is 29.3 Å². The average molecular weight is 436 g/mol. The molecule has 1 unspecified atom stereocenters. The lowest BCUT2D eigenvalue weighted by molar-refractivity contribution is -0.154. The molecular formula is C23H27Cl2NO3. The van der Waals surface area contributed by atoms with Gasteiger partial charge in [0.25, 0.3) is 0 Å². The molecule has 1 aromatic carbocycles. The summed E-state index contributed by atoms with van der Waals surface area (Å²) >= 11 is 12.3. The van der Waals surface area contributed by atoms with Crippen LogP contribution in [0.1, 0.15) is 46.6 Å². The van der Waals surface area contributed by atoms with E-state index in [-0.39, 0.29) is 11.9 Å². The normalized spacial score (nSPS) is 13.3. The lowest BCUT2D eigenvalue weighted by Gasteiger charge is -2.32.